The van der Waals surface area contributed by atoms with E-state index < -0.39 is 5.91 Å². The number of hydrogen-bond donors (Lipinski definition) is 3. The highest BCUT2D eigenvalue weighted by atomic mass is 35.5. The van der Waals surface area contributed by atoms with E-state index in [-0.39, 0.29) is 18.3 Å². The van der Waals surface area contributed by atoms with Gasteiger partial charge in [-0.05, 0) is 44.0 Å². The van der Waals surface area contributed by atoms with Gasteiger partial charge in [-0.25, -0.2) is 4.98 Å². The lowest BCUT2D eigenvalue weighted by molar-refractivity contribution is 0.0998. The summed E-state index contributed by atoms with van der Waals surface area (Å²) in [5.74, 6) is -0.740. The van der Waals surface area contributed by atoms with Gasteiger partial charge in [0.1, 0.15) is 5.69 Å². The minimum atomic E-state index is -0.464. The molecule has 1 aliphatic heterocycles. The van der Waals surface area contributed by atoms with E-state index in [0.29, 0.717) is 29.9 Å². The van der Waals surface area contributed by atoms with Crippen molar-refractivity contribution < 1.29 is 9.59 Å². The van der Waals surface area contributed by atoms with E-state index in [9.17, 15) is 9.59 Å². The van der Waals surface area contributed by atoms with Gasteiger partial charge in [-0.15, -0.1) is 23.7 Å². The number of aromatic nitrogens is 1. The van der Waals surface area contributed by atoms with Crippen molar-refractivity contribution in [3.8, 4) is 0 Å². The number of carbonyl (C=O) groups excluding carboxylic acids is 2. The van der Waals surface area contributed by atoms with E-state index in [1.165, 1.54) is 17.8 Å². The van der Waals surface area contributed by atoms with Crippen LogP contribution in [-0.2, 0) is 6.42 Å². The zero-order valence-electron chi connectivity index (χ0n) is 14.9. The highest BCUT2D eigenvalue weighted by molar-refractivity contribution is 7.09. The number of thiazole rings is 1. The average molecular weight is 410 g/mol. The molecule has 1 aromatic carbocycles. The number of primary amides is 1. The molecule has 0 atom stereocenters. The maximum Gasteiger partial charge on any atom is 0.275 e. The van der Waals surface area contributed by atoms with Crippen LogP contribution in [0, 0.1) is 0 Å². The summed E-state index contributed by atoms with van der Waals surface area (Å²) in [5, 5.41) is 5.42. The summed E-state index contributed by atoms with van der Waals surface area (Å²) < 4.78 is 0. The molecule has 1 saturated heterocycles. The first-order chi connectivity index (χ1) is 12.6. The van der Waals surface area contributed by atoms with Crippen LogP contribution in [0.2, 0.25) is 0 Å². The topological polar surface area (TPSA) is 114 Å². The van der Waals surface area contributed by atoms with E-state index >= 15 is 0 Å². The molecule has 5 N–H and O–H groups in total. The van der Waals surface area contributed by atoms with E-state index in [1.807, 2.05) is 6.07 Å². The Morgan fingerprint density at radius 2 is 1.96 bits per heavy atom. The van der Waals surface area contributed by atoms with Crippen molar-refractivity contribution >= 4 is 46.9 Å². The average Bonchev–Trinajstić information content (AvgIpc) is 3.11. The first-order valence-corrected chi connectivity index (χ1v) is 9.61. The van der Waals surface area contributed by atoms with Crippen LogP contribution in [0.5, 0.6) is 0 Å². The van der Waals surface area contributed by atoms with E-state index in [1.54, 1.807) is 17.5 Å². The number of amides is 2. The summed E-state index contributed by atoms with van der Waals surface area (Å²) >= 11 is 1.42. The van der Waals surface area contributed by atoms with Crippen molar-refractivity contribution in [2.24, 2.45) is 11.5 Å². The molecular weight excluding hydrogens is 386 g/mol. The van der Waals surface area contributed by atoms with Crippen LogP contribution < -0.4 is 21.7 Å². The number of piperidine rings is 1. The summed E-state index contributed by atoms with van der Waals surface area (Å²) in [4.78, 5) is 30.7. The third kappa shape index (κ3) is 5.18. The molecule has 1 aromatic heterocycles. The van der Waals surface area contributed by atoms with Crippen molar-refractivity contribution in [1.29, 1.82) is 0 Å². The van der Waals surface area contributed by atoms with Gasteiger partial charge < -0.3 is 21.7 Å². The summed E-state index contributed by atoms with van der Waals surface area (Å²) in [6, 6.07) is 5.18. The number of halogens is 1. The Balaban J connectivity index is 0.00000261. The van der Waals surface area contributed by atoms with Gasteiger partial charge in [0.05, 0.1) is 16.3 Å². The van der Waals surface area contributed by atoms with Gasteiger partial charge >= 0.3 is 0 Å². The molecule has 9 heteroatoms. The van der Waals surface area contributed by atoms with Crippen molar-refractivity contribution in [2.45, 2.75) is 25.7 Å². The molecule has 0 saturated carbocycles. The number of nitrogens with one attached hydrogen (secondary N) is 1. The second kappa shape index (κ2) is 9.68. The molecule has 3 rings (SSSR count). The molecule has 2 heterocycles. The van der Waals surface area contributed by atoms with E-state index in [4.69, 9.17) is 11.5 Å². The van der Waals surface area contributed by atoms with Crippen LogP contribution in [0.1, 0.15) is 45.1 Å². The van der Waals surface area contributed by atoms with Crippen LogP contribution in [0.4, 0.5) is 11.4 Å². The monoisotopic (exact) mass is 409 g/mol. The Kier molecular flexibility index (Phi) is 7.58. The second-order valence-corrected chi connectivity index (χ2v) is 7.21. The number of nitrogens with two attached hydrogens (primary N) is 2. The zero-order chi connectivity index (χ0) is 18.5. The predicted octanol–water partition coefficient (Wildman–Crippen LogP) is 2.41. The van der Waals surface area contributed by atoms with E-state index in [0.717, 1.165) is 36.6 Å². The first kappa shape index (κ1) is 21.1. The smallest absolute Gasteiger partial charge is 0.275 e. The first-order valence-electron chi connectivity index (χ1n) is 8.73. The number of hydrogen-bond acceptors (Lipinski definition) is 6. The Labute approximate surface area is 168 Å². The fourth-order valence-corrected chi connectivity index (χ4v) is 3.86. The SMILES string of the molecule is Cl.NCCc1nc(C(=O)Nc2ccc(C(N)=O)c(N3CCCCC3)c2)cs1. The maximum absolute atomic E-state index is 12.4. The van der Waals surface area contributed by atoms with Gasteiger partial charge in [0.15, 0.2) is 0 Å². The number of benzene rings is 1. The van der Waals surface area contributed by atoms with Gasteiger partial charge in [0.2, 0.25) is 0 Å². The quantitative estimate of drug-likeness (QED) is 0.677. The molecule has 146 valence electrons. The largest absolute Gasteiger partial charge is 0.371 e. The third-order valence-electron chi connectivity index (χ3n) is 4.36. The Bertz CT molecular complexity index is 805. The fraction of sp³-hybridized carbons (Fsp3) is 0.389. The van der Waals surface area contributed by atoms with E-state index in [2.05, 4.69) is 15.2 Å². The van der Waals surface area contributed by atoms with Gasteiger partial charge in [0, 0.05) is 30.6 Å². The van der Waals surface area contributed by atoms with Crippen LogP contribution in [0.15, 0.2) is 23.6 Å². The zero-order valence-corrected chi connectivity index (χ0v) is 16.6. The van der Waals surface area contributed by atoms with Crippen molar-refractivity contribution in [1.82, 2.24) is 4.98 Å². The molecule has 0 bridgehead atoms. The highest BCUT2D eigenvalue weighted by Crippen LogP contribution is 2.28. The van der Waals surface area contributed by atoms with Crippen molar-refractivity contribution in [2.75, 3.05) is 29.9 Å². The summed E-state index contributed by atoms with van der Waals surface area (Å²) in [6.07, 6.45) is 4.01. The second-order valence-electron chi connectivity index (χ2n) is 6.26. The molecule has 0 radical (unpaired) electrons. The Morgan fingerprint density at radius 3 is 2.63 bits per heavy atom. The molecule has 2 amide bonds. The van der Waals surface area contributed by atoms with Crippen LogP contribution in [0.25, 0.3) is 0 Å². The molecule has 0 unspecified atom stereocenters. The molecule has 7 nitrogen and oxygen atoms in total. The standard InChI is InChI=1S/C18H23N5O2S.ClH/c19-7-6-16-22-14(11-26-16)18(25)21-12-4-5-13(17(20)24)15(10-12)23-8-2-1-3-9-23;/h4-5,10-11H,1-3,6-9,19H2,(H2,20,24)(H,21,25);1H. The molecule has 27 heavy (non-hydrogen) atoms. The highest BCUT2D eigenvalue weighted by Gasteiger charge is 2.19. The van der Waals surface area contributed by atoms with Crippen LogP contribution in [-0.4, -0.2) is 36.4 Å². The van der Waals surface area contributed by atoms with Gasteiger partial charge in [-0.2, -0.15) is 0 Å². The summed E-state index contributed by atoms with van der Waals surface area (Å²) in [6.45, 7) is 2.26. The third-order valence-corrected chi connectivity index (χ3v) is 5.27. The molecule has 1 aliphatic rings. The predicted molar refractivity (Wildman–Crippen MR) is 111 cm³/mol. The van der Waals surface area contributed by atoms with Crippen LogP contribution >= 0.6 is 23.7 Å². The van der Waals surface area contributed by atoms with Gasteiger partial charge in [-0.3, -0.25) is 9.59 Å². The molecular formula is C18H24ClN5O2S. The molecule has 0 spiro atoms. The minimum Gasteiger partial charge on any atom is -0.371 e. The maximum atomic E-state index is 12.4. The minimum absolute atomic E-state index is 0. The Morgan fingerprint density at radius 1 is 1.22 bits per heavy atom. The summed E-state index contributed by atoms with van der Waals surface area (Å²) in [5.41, 5.74) is 13.3. The van der Waals surface area contributed by atoms with Gasteiger partial charge in [0.25, 0.3) is 11.8 Å². The number of rotatable bonds is 6. The lowest BCUT2D eigenvalue weighted by Crippen LogP contribution is -2.31. The lowest BCUT2D eigenvalue weighted by atomic mass is 10.1. The number of anilines is 2. The lowest BCUT2D eigenvalue weighted by Gasteiger charge is -2.30. The number of carbonyl (C=O) groups is 2. The normalized spacial score (nSPS) is 13.7. The van der Waals surface area contributed by atoms with Crippen molar-refractivity contribution in [3.05, 3.63) is 39.8 Å². The molecule has 0 aliphatic carbocycles. The molecule has 2 aromatic rings. The van der Waals surface area contributed by atoms with Crippen molar-refractivity contribution in [3.63, 3.8) is 0 Å². The molecule has 1 fully saturated rings. The summed E-state index contributed by atoms with van der Waals surface area (Å²) in [7, 11) is 0. The van der Waals surface area contributed by atoms with Gasteiger partial charge in [-0.1, -0.05) is 0 Å². The fourth-order valence-electron chi connectivity index (χ4n) is 3.06. The number of nitrogens with zero attached hydrogens (tertiary/aromatic N) is 2. The van der Waals surface area contributed by atoms with Crippen LogP contribution in [0.3, 0.4) is 0 Å². The Hall–Kier alpha value is -2.16.